The maximum atomic E-state index is 10.4. The fourth-order valence-corrected chi connectivity index (χ4v) is 3.03. The molecule has 0 amide bonds. The molecule has 0 radical (unpaired) electrons. The van der Waals surface area contributed by atoms with Crippen LogP contribution in [-0.4, -0.2) is 38.7 Å². The quantitative estimate of drug-likeness (QED) is 0.580. The highest BCUT2D eigenvalue weighted by Gasteiger charge is 2.16. The maximum absolute atomic E-state index is 10.4. The number of aromatic hydroxyl groups is 2. The standard InChI is InChI=1S/C21H20N4O2/c1-13-21(27)25-12-18(14-6-10-17(26)11-7-14)23-19(20(25)22-13)15-4-8-16(9-5-15)24(2)3/h4-12,26-27H,1-3H3. The fourth-order valence-electron chi connectivity index (χ4n) is 3.03. The molecule has 27 heavy (non-hydrogen) atoms. The minimum absolute atomic E-state index is 0.0959. The number of rotatable bonds is 3. The van der Waals surface area contributed by atoms with Gasteiger partial charge in [0.1, 0.15) is 17.1 Å². The van der Waals surface area contributed by atoms with Crippen LogP contribution in [0.2, 0.25) is 0 Å². The number of hydrogen-bond acceptors (Lipinski definition) is 5. The largest absolute Gasteiger partial charge is 0.508 e. The third-order valence-electron chi connectivity index (χ3n) is 4.57. The lowest BCUT2D eigenvalue weighted by molar-refractivity contribution is 0.444. The zero-order valence-corrected chi connectivity index (χ0v) is 15.4. The molecule has 0 bridgehead atoms. The van der Waals surface area contributed by atoms with Gasteiger partial charge in [0, 0.05) is 37.1 Å². The first-order chi connectivity index (χ1) is 12.9. The van der Waals surface area contributed by atoms with Crippen molar-refractivity contribution in [3.8, 4) is 34.1 Å². The van der Waals surface area contributed by atoms with Gasteiger partial charge >= 0.3 is 0 Å². The van der Waals surface area contributed by atoms with Crippen LogP contribution >= 0.6 is 0 Å². The third kappa shape index (κ3) is 2.95. The predicted molar refractivity (Wildman–Crippen MR) is 106 cm³/mol. The van der Waals surface area contributed by atoms with Crippen LogP contribution in [-0.2, 0) is 0 Å². The number of aryl methyl sites for hydroxylation is 1. The van der Waals surface area contributed by atoms with Crippen molar-refractivity contribution in [2.75, 3.05) is 19.0 Å². The second-order valence-corrected chi connectivity index (χ2v) is 6.68. The highest BCUT2D eigenvalue weighted by atomic mass is 16.3. The van der Waals surface area contributed by atoms with Crippen molar-refractivity contribution < 1.29 is 10.2 Å². The molecule has 0 atom stereocenters. The number of fused-ring (bicyclic) bond motifs is 1. The summed E-state index contributed by atoms with van der Waals surface area (Å²) in [4.78, 5) is 11.3. The van der Waals surface area contributed by atoms with Crippen LogP contribution in [0.3, 0.4) is 0 Å². The Morgan fingerprint density at radius 2 is 1.48 bits per heavy atom. The van der Waals surface area contributed by atoms with E-state index in [0.717, 1.165) is 16.8 Å². The van der Waals surface area contributed by atoms with E-state index in [1.165, 1.54) is 0 Å². The lowest BCUT2D eigenvalue weighted by atomic mass is 10.1. The van der Waals surface area contributed by atoms with Crippen molar-refractivity contribution >= 4 is 11.3 Å². The lowest BCUT2D eigenvalue weighted by Gasteiger charge is -2.13. The van der Waals surface area contributed by atoms with Crippen molar-refractivity contribution in [3.63, 3.8) is 0 Å². The van der Waals surface area contributed by atoms with E-state index in [-0.39, 0.29) is 11.6 Å². The molecule has 6 nitrogen and oxygen atoms in total. The Labute approximate surface area is 157 Å². The maximum Gasteiger partial charge on any atom is 0.219 e. The molecule has 0 aliphatic rings. The van der Waals surface area contributed by atoms with Gasteiger partial charge in [0.15, 0.2) is 5.65 Å². The van der Waals surface area contributed by atoms with Crippen LogP contribution in [0.15, 0.2) is 54.7 Å². The molecule has 4 rings (SSSR count). The molecule has 2 heterocycles. The van der Waals surface area contributed by atoms with Crippen molar-refractivity contribution in [1.82, 2.24) is 14.4 Å². The lowest BCUT2D eigenvalue weighted by Crippen LogP contribution is -2.08. The molecule has 2 aromatic carbocycles. The minimum atomic E-state index is 0.0959. The zero-order chi connectivity index (χ0) is 19.1. The monoisotopic (exact) mass is 360 g/mol. The Hall–Kier alpha value is -3.54. The number of aromatic nitrogens is 3. The summed E-state index contributed by atoms with van der Waals surface area (Å²) >= 11 is 0. The van der Waals surface area contributed by atoms with E-state index in [9.17, 15) is 10.2 Å². The van der Waals surface area contributed by atoms with E-state index >= 15 is 0 Å². The van der Waals surface area contributed by atoms with Crippen LogP contribution in [0.1, 0.15) is 5.69 Å². The van der Waals surface area contributed by atoms with Gasteiger partial charge in [0.05, 0.1) is 5.69 Å². The van der Waals surface area contributed by atoms with Gasteiger partial charge in [-0.15, -0.1) is 0 Å². The van der Waals surface area contributed by atoms with Gasteiger partial charge in [0.2, 0.25) is 5.88 Å². The molecule has 2 N–H and O–H groups in total. The molecule has 0 aliphatic heterocycles. The minimum Gasteiger partial charge on any atom is -0.508 e. The molecule has 136 valence electrons. The highest BCUT2D eigenvalue weighted by molar-refractivity contribution is 5.78. The zero-order valence-electron chi connectivity index (χ0n) is 15.4. The number of imidazole rings is 1. The van der Waals surface area contributed by atoms with Crippen molar-refractivity contribution in [2.45, 2.75) is 6.92 Å². The number of hydrogen-bond donors (Lipinski definition) is 2. The van der Waals surface area contributed by atoms with Gasteiger partial charge in [-0.1, -0.05) is 12.1 Å². The summed E-state index contributed by atoms with van der Waals surface area (Å²) < 4.78 is 1.65. The molecule has 0 saturated heterocycles. The summed E-state index contributed by atoms with van der Waals surface area (Å²) in [5, 5.41) is 20.0. The van der Waals surface area contributed by atoms with Gasteiger partial charge in [0.25, 0.3) is 0 Å². The van der Waals surface area contributed by atoms with Gasteiger partial charge in [-0.25, -0.2) is 9.97 Å². The first-order valence-electron chi connectivity index (χ1n) is 8.60. The molecule has 4 aromatic rings. The molecular formula is C21H20N4O2. The Bertz CT molecular complexity index is 1110. The number of phenols is 1. The average molecular weight is 360 g/mol. The molecule has 2 aromatic heterocycles. The summed E-state index contributed by atoms with van der Waals surface area (Å²) in [7, 11) is 3.99. The van der Waals surface area contributed by atoms with Gasteiger partial charge in [-0.05, 0) is 43.3 Å². The van der Waals surface area contributed by atoms with Crippen LogP contribution in [0.25, 0.3) is 28.2 Å². The topological polar surface area (TPSA) is 73.9 Å². The molecule has 0 saturated carbocycles. The Morgan fingerprint density at radius 1 is 0.852 bits per heavy atom. The highest BCUT2D eigenvalue weighted by Crippen LogP contribution is 2.31. The fraction of sp³-hybridized carbons (Fsp3) is 0.143. The number of anilines is 1. The second-order valence-electron chi connectivity index (χ2n) is 6.68. The van der Waals surface area contributed by atoms with Crippen LogP contribution in [0.4, 0.5) is 5.69 Å². The first kappa shape index (κ1) is 16.9. The molecule has 0 unspecified atom stereocenters. The number of benzene rings is 2. The van der Waals surface area contributed by atoms with E-state index < -0.39 is 0 Å². The van der Waals surface area contributed by atoms with E-state index in [2.05, 4.69) is 4.98 Å². The number of nitrogens with zero attached hydrogens (tertiary/aromatic N) is 4. The van der Waals surface area contributed by atoms with E-state index in [1.807, 2.05) is 43.3 Å². The van der Waals surface area contributed by atoms with Crippen molar-refractivity contribution in [2.24, 2.45) is 0 Å². The first-order valence-corrected chi connectivity index (χ1v) is 8.60. The van der Waals surface area contributed by atoms with E-state index in [0.29, 0.717) is 22.7 Å². The Morgan fingerprint density at radius 3 is 2.11 bits per heavy atom. The normalized spacial score (nSPS) is 11.1. The third-order valence-corrected chi connectivity index (χ3v) is 4.57. The molecular weight excluding hydrogens is 340 g/mol. The summed E-state index contributed by atoms with van der Waals surface area (Å²) in [6, 6.07) is 14.9. The van der Waals surface area contributed by atoms with Crippen LogP contribution in [0, 0.1) is 6.92 Å². The predicted octanol–water partition coefficient (Wildman–Crippen LogP) is 3.85. The Kier molecular flexibility index (Phi) is 3.96. The molecule has 6 heteroatoms. The smallest absolute Gasteiger partial charge is 0.219 e. The van der Waals surface area contributed by atoms with E-state index in [1.54, 1.807) is 41.8 Å². The van der Waals surface area contributed by atoms with Gasteiger partial charge < -0.3 is 15.1 Å². The Balaban J connectivity index is 1.95. The van der Waals surface area contributed by atoms with Crippen molar-refractivity contribution in [1.29, 1.82) is 0 Å². The van der Waals surface area contributed by atoms with Crippen LogP contribution in [0.5, 0.6) is 11.6 Å². The SMILES string of the molecule is Cc1nc2c(-c3ccc(N(C)C)cc3)nc(-c3ccc(O)cc3)cn2c1O. The van der Waals surface area contributed by atoms with Crippen molar-refractivity contribution in [3.05, 3.63) is 60.4 Å². The van der Waals surface area contributed by atoms with E-state index in [4.69, 9.17) is 4.98 Å². The number of phenolic OH excluding ortho intramolecular Hbond substituents is 1. The summed E-state index contributed by atoms with van der Waals surface area (Å²) in [6.45, 7) is 1.77. The van der Waals surface area contributed by atoms with Gasteiger partial charge in [-0.3, -0.25) is 4.40 Å². The average Bonchev–Trinajstić information content (AvgIpc) is 2.96. The van der Waals surface area contributed by atoms with Crippen LogP contribution < -0.4 is 4.90 Å². The molecule has 0 aliphatic carbocycles. The molecule has 0 fully saturated rings. The van der Waals surface area contributed by atoms with Gasteiger partial charge in [-0.2, -0.15) is 0 Å². The second kappa shape index (κ2) is 6.32. The summed E-state index contributed by atoms with van der Waals surface area (Å²) in [6.07, 6.45) is 1.76. The summed E-state index contributed by atoms with van der Waals surface area (Å²) in [5.41, 5.74) is 5.36. The summed E-state index contributed by atoms with van der Waals surface area (Å²) in [5.74, 6) is 0.291. The molecule has 0 spiro atoms.